The maximum atomic E-state index is 13.3. The first kappa shape index (κ1) is 21.3. The molecule has 1 aromatic heterocycles. The minimum absolute atomic E-state index is 0.0174. The summed E-state index contributed by atoms with van der Waals surface area (Å²) in [5.74, 6) is 0.136. The molecule has 2 heterocycles. The maximum Gasteiger partial charge on any atom is 0.254 e. The Morgan fingerprint density at radius 3 is 2.60 bits per heavy atom. The summed E-state index contributed by atoms with van der Waals surface area (Å²) in [6.45, 7) is 3.49. The van der Waals surface area contributed by atoms with Gasteiger partial charge in [-0.2, -0.15) is 4.31 Å². The molecule has 1 aliphatic heterocycles. The zero-order chi connectivity index (χ0) is 21.3. The van der Waals surface area contributed by atoms with Crippen molar-refractivity contribution in [1.82, 2.24) is 14.2 Å². The largest absolute Gasteiger partial charge is 0.331 e. The molecule has 1 aliphatic carbocycles. The zero-order valence-corrected chi connectivity index (χ0v) is 18.6. The fourth-order valence-electron chi connectivity index (χ4n) is 3.94. The van der Waals surface area contributed by atoms with Gasteiger partial charge in [-0.05, 0) is 67.5 Å². The molecule has 6 nitrogen and oxygen atoms in total. The molecule has 2 aliphatic rings. The van der Waals surface area contributed by atoms with E-state index in [0.29, 0.717) is 31.1 Å². The van der Waals surface area contributed by atoms with Crippen LogP contribution >= 0.6 is 11.6 Å². The summed E-state index contributed by atoms with van der Waals surface area (Å²) >= 11 is 6.29. The molecule has 0 bridgehead atoms. The normalized spacial score (nSPS) is 20.1. The van der Waals surface area contributed by atoms with Crippen LogP contribution in [0.1, 0.15) is 48.5 Å². The highest BCUT2D eigenvalue weighted by Gasteiger charge is 2.35. The third-order valence-corrected chi connectivity index (χ3v) is 8.11. The average molecular weight is 448 g/mol. The fourth-order valence-corrected chi connectivity index (χ4v) is 6.04. The Bertz CT molecular complexity index is 1030. The van der Waals surface area contributed by atoms with Gasteiger partial charge in [-0.15, -0.1) is 0 Å². The van der Waals surface area contributed by atoms with E-state index in [4.69, 9.17) is 11.6 Å². The van der Waals surface area contributed by atoms with E-state index in [1.807, 2.05) is 17.0 Å². The predicted molar refractivity (Wildman–Crippen MR) is 116 cm³/mol. The average Bonchev–Trinajstić information content (AvgIpc) is 3.58. The number of pyridine rings is 1. The summed E-state index contributed by atoms with van der Waals surface area (Å²) in [4.78, 5) is 19.2. The molecule has 1 saturated heterocycles. The Labute approximate surface area is 182 Å². The summed E-state index contributed by atoms with van der Waals surface area (Å²) in [7, 11) is -3.75. The predicted octanol–water partition coefficient (Wildman–Crippen LogP) is 3.96. The molecule has 8 heteroatoms. The third-order valence-electron chi connectivity index (χ3n) is 5.77. The van der Waals surface area contributed by atoms with Gasteiger partial charge in [-0.1, -0.05) is 18.5 Å². The quantitative estimate of drug-likeness (QED) is 0.672. The molecule has 160 valence electrons. The van der Waals surface area contributed by atoms with Crippen LogP contribution < -0.4 is 0 Å². The van der Waals surface area contributed by atoms with E-state index in [1.54, 1.807) is 18.5 Å². The van der Waals surface area contributed by atoms with Crippen molar-refractivity contribution in [1.29, 1.82) is 0 Å². The minimum atomic E-state index is -3.75. The smallest absolute Gasteiger partial charge is 0.254 e. The van der Waals surface area contributed by atoms with Crippen molar-refractivity contribution < 1.29 is 13.2 Å². The molecule has 1 amide bonds. The van der Waals surface area contributed by atoms with Crippen LogP contribution in [0.4, 0.5) is 0 Å². The number of carbonyl (C=O) groups is 1. The van der Waals surface area contributed by atoms with Gasteiger partial charge < -0.3 is 4.90 Å². The number of rotatable bonds is 6. The molecule has 30 heavy (non-hydrogen) atoms. The van der Waals surface area contributed by atoms with Crippen molar-refractivity contribution in [3.63, 3.8) is 0 Å². The van der Waals surface area contributed by atoms with E-state index in [1.165, 1.54) is 16.4 Å². The van der Waals surface area contributed by atoms with Gasteiger partial charge in [0.15, 0.2) is 0 Å². The lowest BCUT2D eigenvalue weighted by Crippen LogP contribution is -2.39. The highest BCUT2D eigenvalue weighted by molar-refractivity contribution is 7.89. The summed E-state index contributed by atoms with van der Waals surface area (Å²) in [5, 5.41) is 0.150. The van der Waals surface area contributed by atoms with Crippen LogP contribution in [0.25, 0.3) is 0 Å². The third kappa shape index (κ3) is 4.53. The fraction of sp³-hybridized carbons (Fsp3) is 0.455. The maximum absolute atomic E-state index is 13.3. The molecule has 0 radical (unpaired) electrons. The van der Waals surface area contributed by atoms with Gasteiger partial charge in [0, 0.05) is 43.6 Å². The highest BCUT2D eigenvalue weighted by Crippen LogP contribution is 2.32. The number of hydrogen-bond donors (Lipinski definition) is 0. The lowest BCUT2D eigenvalue weighted by atomic mass is 10.0. The lowest BCUT2D eigenvalue weighted by Gasteiger charge is -2.30. The molecule has 2 fully saturated rings. The first-order valence-corrected chi connectivity index (χ1v) is 12.2. The molecule has 1 aromatic carbocycles. The van der Waals surface area contributed by atoms with Gasteiger partial charge in [0.1, 0.15) is 4.90 Å². The Hall–Kier alpha value is -1.96. The summed E-state index contributed by atoms with van der Waals surface area (Å²) in [6.07, 6.45) is 7.18. The van der Waals surface area contributed by atoms with Crippen molar-refractivity contribution >= 4 is 27.5 Å². The van der Waals surface area contributed by atoms with Crippen LogP contribution in [0.2, 0.25) is 5.02 Å². The number of nitrogens with zero attached hydrogens (tertiary/aromatic N) is 3. The molecule has 1 atom stereocenters. The van der Waals surface area contributed by atoms with E-state index in [0.717, 1.165) is 31.2 Å². The van der Waals surface area contributed by atoms with Gasteiger partial charge in [0.05, 0.1) is 5.02 Å². The Morgan fingerprint density at radius 1 is 1.20 bits per heavy atom. The second kappa shape index (κ2) is 8.65. The molecular weight excluding hydrogens is 422 g/mol. The first-order chi connectivity index (χ1) is 14.4. The number of hydrogen-bond acceptors (Lipinski definition) is 4. The molecular formula is C22H26ClN3O3S. The molecule has 2 aromatic rings. The van der Waals surface area contributed by atoms with Gasteiger partial charge in [-0.3, -0.25) is 9.78 Å². The zero-order valence-electron chi connectivity index (χ0n) is 17.0. The van der Waals surface area contributed by atoms with Crippen molar-refractivity contribution in [2.45, 2.75) is 50.1 Å². The van der Waals surface area contributed by atoms with Crippen LogP contribution in [0.15, 0.2) is 47.6 Å². The number of carbonyl (C=O) groups excluding carboxylic acids is 1. The number of piperidine rings is 1. The Balaban J connectivity index is 1.62. The van der Waals surface area contributed by atoms with E-state index in [9.17, 15) is 13.2 Å². The van der Waals surface area contributed by atoms with Gasteiger partial charge >= 0.3 is 0 Å². The summed E-state index contributed by atoms with van der Waals surface area (Å²) < 4.78 is 28.0. The summed E-state index contributed by atoms with van der Waals surface area (Å²) in [6, 6.07) is 8.54. The van der Waals surface area contributed by atoms with E-state index in [-0.39, 0.29) is 21.9 Å². The Kier molecular flexibility index (Phi) is 6.14. The highest BCUT2D eigenvalue weighted by atomic mass is 35.5. The van der Waals surface area contributed by atoms with Gasteiger partial charge in [0.2, 0.25) is 10.0 Å². The minimum Gasteiger partial charge on any atom is -0.331 e. The van der Waals surface area contributed by atoms with Gasteiger partial charge in [-0.25, -0.2) is 8.42 Å². The van der Waals surface area contributed by atoms with Crippen LogP contribution in [0.5, 0.6) is 0 Å². The number of amides is 1. The van der Waals surface area contributed by atoms with Crippen LogP contribution in [-0.4, -0.2) is 47.6 Å². The van der Waals surface area contributed by atoms with E-state index in [2.05, 4.69) is 11.9 Å². The number of halogens is 1. The molecule has 0 N–H and O–H groups in total. The van der Waals surface area contributed by atoms with Crippen LogP contribution in [0.3, 0.4) is 0 Å². The number of aromatic nitrogens is 1. The van der Waals surface area contributed by atoms with Crippen LogP contribution in [-0.2, 0) is 16.6 Å². The van der Waals surface area contributed by atoms with E-state index >= 15 is 0 Å². The molecule has 1 unspecified atom stereocenters. The first-order valence-electron chi connectivity index (χ1n) is 10.4. The second-order valence-corrected chi connectivity index (χ2v) is 10.6. The Morgan fingerprint density at radius 2 is 1.93 bits per heavy atom. The molecule has 4 rings (SSSR count). The lowest BCUT2D eigenvalue weighted by molar-refractivity contribution is 0.0729. The second-order valence-electron chi connectivity index (χ2n) is 8.28. The number of sulfonamides is 1. The van der Waals surface area contributed by atoms with Crippen LogP contribution in [0, 0.1) is 5.92 Å². The summed E-state index contributed by atoms with van der Waals surface area (Å²) in [5.41, 5.74) is 1.35. The SMILES string of the molecule is CC1CCCN(S(=O)(=O)c2cc(C(=O)N(Cc3ccncc3)C3CC3)ccc2Cl)C1. The van der Waals surface area contributed by atoms with Crippen molar-refractivity contribution in [3.8, 4) is 0 Å². The molecule has 0 spiro atoms. The van der Waals surface area contributed by atoms with E-state index < -0.39 is 10.0 Å². The molecule has 1 saturated carbocycles. The van der Waals surface area contributed by atoms with Gasteiger partial charge in [0.25, 0.3) is 5.91 Å². The van der Waals surface area contributed by atoms with Crippen molar-refractivity contribution in [3.05, 3.63) is 58.9 Å². The van der Waals surface area contributed by atoms with Crippen molar-refractivity contribution in [2.75, 3.05) is 13.1 Å². The topological polar surface area (TPSA) is 70.6 Å². The standard InChI is InChI=1S/C22H26ClN3O3S/c1-16-3-2-12-25(14-16)30(28,29)21-13-18(4-7-20(21)23)22(27)26(19-5-6-19)15-17-8-10-24-11-9-17/h4,7-11,13,16,19H,2-3,5-6,12,14-15H2,1H3. The van der Waals surface area contributed by atoms with Crippen molar-refractivity contribution in [2.24, 2.45) is 5.92 Å². The monoisotopic (exact) mass is 447 g/mol. The number of benzene rings is 1.